The smallest absolute Gasteiger partial charge is 0.0355 e. The predicted molar refractivity (Wildman–Crippen MR) is 81.6 cm³/mol. The van der Waals surface area contributed by atoms with Gasteiger partial charge >= 0.3 is 0 Å². The second kappa shape index (κ2) is 6.08. The fourth-order valence-electron chi connectivity index (χ4n) is 2.31. The van der Waals surface area contributed by atoms with Crippen molar-refractivity contribution in [3.63, 3.8) is 0 Å². The molecular formula is C16H26ClN. The molecule has 1 unspecified atom stereocenters. The lowest BCUT2D eigenvalue weighted by molar-refractivity contribution is 0.292. The van der Waals surface area contributed by atoms with Crippen molar-refractivity contribution in [2.45, 2.75) is 45.6 Å². The van der Waals surface area contributed by atoms with Crippen molar-refractivity contribution in [1.82, 2.24) is 4.90 Å². The molecule has 0 heterocycles. The standard InChI is InChI=1S/C16H26ClN/c1-12-11-13(16(2,3)4)7-8-14(12)15(9-10-17)18(5)6/h7-8,11,15H,9-10H2,1-6H3. The highest BCUT2D eigenvalue weighted by atomic mass is 35.5. The molecule has 0 spiro atoms. The molecule has 18 heavy (non-hydrogen) atoms. The Morgan fingerprint density at radius 1 is 1.22 bits per heavy atom. The van der Waals surface area contributed by atoms with E-state index < -0.39 is 0 Å². The molecule has 1 aromatic carbocycles. The third-order valence-electron chi connectivity index (χ3n) is 3.50. The van der Waals surface area contributed by atoms with Gasteiger partial charge in [-0.15, -0.1) is 11.6 Å². The maximum absolute atomic E-state index is 5.92. The van der Waals surface area contributed by atoms with E-state index in [-0.39, 0.29) is 5.41 Å². The first kappa shape index (κ1) is 15.5. The van der Waals surface area contributed by atoms with Crippen molar-refractivity contribution in [2.24, 2.45) is 0 Å². The van der Waals surface area contributed by atoms with Crippen LogP contribution in [0, 0.1) is 6.92 Å². The SMILES string of the molecule is Cc1cc(C(C)(C)C)ccc1C(CCCl)N(C)C. The molecule has 0 radical (unpaired) electrons. The number of aryl methyl sites for hydroxylation is 1. The summed E-state index contributed by atoms with van der Waals surface area (Å²) in [5.41, 5.74) is 4.37. The van der Waals surface area contributed by atoms with E-state index in [1.807, 2.05) is 0 Å². The van der Waals surface area contributed by atoms with Crippen LogP contribution in [-0.4, -0.2) is 24.9 Å². The zero-order valence-electron chi connectivity index (χ0n) is 12.5. The summed E-state index contributed by atoms with van der Waals surface area (Å²) in [6.45, 7) is 8.96. The Balaban J connectivity index is 3.11. The molecule has 1 rings (SSSR count). The third-order valence-corrected chi connectivity index (χ3v) is 3.72. The summed E-state index contributed by atoms with van der Waals surface area (Å²) in [6, 6.07) is 7.26. The molecule has 0 aliphatic rings. The number of benzene rings is 1. The summed E-state index contributed by atoms with van der Waals surface area (Å²) < 4.78 is 0. The molecule has 102 valence electrons. The van der Waals surface area contributed by atoms with Crippen molar-refractivity contribution >= 4 is 11.6 Å². The molecule has 0 aliphatic carbocycles. The highest BCUT2D eigenvalue weighted by Crippen LogP contribution is 2.30. The lowest BCUT2D eigenvalue weighted by Crippen LogP contribution is -2.22. The fraction of sp³-hybridized carbons (Fsp3) is 0.625. The summed E-state index contributed by atoms with van der Waals surface area (Å²) in [7, 11) is 4.24. The number of hydrogen-bond donors (Lipinski definition) is 0. The molecule has 0 saturated heterocycles. The van der Waals surface area contributed by atoms with Gasteiger partial charge in [-0.2, -0.15) is 0 Å². The summed E-state index contributed by atoms with van der Waals surface area (Å²) in [4.78, 5) is 2.25. The average molecular weight is 268 g/mol. The topological polar surface area (TPSA) is 3.24 Å². The van der Waals surface area contributed by atoms with E-state index in [4.69, 9.17) is 11.6 Å². The van der Waals surface area contributed by atoms with Crippen LogP contribution in [0.5, 0.6) is 0 Å². The minimum Gasteiger partial charge on any atom is -0.302 e. The molecule has 0 fully saturated rings. The van der Waals surface area contributed by atoms with Crippen LogP contribution in [0.3, 0.4) is 0 Å². The van der Waals surface area contributed by atoms with Gasteiger partial charge in [-0.1, -0.05) is 39.0 Å². The zero-order chi connectivity index (χ0) is 13.9. The van der Waals surface area contributed by atoms with Gasteiger partial charge in [0.1, 0.15) is 0 Å². The van der Waals surface area contributed by atoms with Gasteiger partial charge in [0.05, 0.1) is 0 Å². The highest BCUT2D eigenvalue weighted by molar-refractivity contribution is 6.17. The predicted octanol–water partition coefficient (Wildman–Crippen LogP) is 4.52. The minimum atomic E-state index is 0.212. The van der Waals surface area contributed by atoms with Crippen molar-refractivity contribution in [3.8, 4) is 0 Å². The maximum Gasteiger partial charge on any atom is 0.0355 e. The number of hydrogen-bond acceptors (Lipinski definition) is 1. The van der Waals surface area contributed by atoms with Crippen molar-refractivity contribution in [3.05, 3.63) is 34.9 Å². The third kappa shape index (κ3) is 3.73. The Kier molecular flexibility index (Phi) is 5.24. The van der Waals surface area contributed by atoms with E-state index in [1.165, 1.54) is 16.7 Å². The maximum atomic E-state index is 5.92. The first-order valence-corrected chi connectivity index (χ1v) is 7.14. The second-order valence-corrected chi connectivity index (χ2v) is 6.66. The Labute approximate surface area is 117 Å². The Hall–Kier alpha value is -0.530. The van der Waals surface area contributed by atoms with Gasteiger partial charge in [0.2, 0.25) is 0 Å². The average Bonchev–Trinajstić information content (AvgIpc) is 2.24. The molecule has 2 heteroatoms. The van der Waals surface area contributed by atoms with Crippen LogP contribution in [0.15, 0.2) is 18.2 Å². The molecule has 1 aromatic rings. The first-order valence-electron chi connectivity index (χ1n) is 6.60. The van der Waals surface area contributed by atoms with Crippen LogP contribution in [0.4, 0.5) is 0 Å². The van der Waals surface area contributed by atoms with E-state index in [0.29, 0.717) is 11.9 Å². The summed E-state index contributed by atoms with van der Waals surface area (Å²) in [6.07, 6.45) is 0.990. The molecule has 0 amide bonds. The van der Waals surface area contributed by atoms with Gasteiger partial charge in [-0.05, 0) is 49.5 Å². The van der Waals surface area contributed by atoms with Crippen molar-refractivity contribution < 1.29 is 0 Å². The quantitative estimate of drug-likeness (QED) is 0.725. The fourth-order valence-corrected chi connectivity index (χ4v) is 2.52. The molecule has 1 atom stereocenters. The van der Waals surface area contributed by atoms with Gasteiger partial charge in [-0.25, -0.2) is 0 Å². The molecule has 0 N–H and O–H groups in total. The van der Waals surface area contributed by atoms with Crippen molar-refractivity contribution in [2.75, 3.05) is 20.0 Å². The van der Waals surface area contributed by atoms with Crippen LogP contribution in [0.1, 0.15) is 49.9 Å². The molecule has 0 saturated carbocycles. The van der Waals surface area contributed by atoms with E-state index >= 15 is 0 Å². The summed E-state index contributed by atoms with van der Waals surface area (Å²) in [5, 5.41) is 0. The van der Waals surface area contributed by atoms with E-state index in [9.17, 15) is 0 Å². The molecule has 0 aliphatic heterocycles. The molecule has 0 bridgehead atoms. The summed E-state index contributed by atoms with van der Waals surface area (Å²) in [5.74, 6) is 0.698. The molecule has 1 nitrogen and oxygen atoms in total. The molecular weight excluding hydrogens is 242 g/mol. The van der Waals surface area contributed by atoms with Crippen LogP contribution in [-0.2, 0) is 5.41 Å². The van der Waals surface area contributed by atoms with E-state index in [2.05, 4.69) is 64.9 Å². The zero-order valence-corrected chi connectivity index (χ0v) is 13.3. The number of nitrogens with zero attached hydrogens (tertiary/aromatic N) is 1. The Morgan fingerprint density at radius 2 is 1.83 bits per heavy atom. The van der Waals surface area contributed by atoms with Crippen LogP contribution in [0.25, 0.3) is 0 Å². The lowest BCUT2D eigenvalue weighted by atomic mass is 9.84. The van der Waals surface area contributed by atoms with Crippen LogP contribution < -0.4 is 0 Å². The Bertz CT molecular complexity index is 391. The highest BCUT2D eigenvalue weighted by Gasteiger charge is 2.19. The van der Waals surface area contributed by atoms with Gasteiger partial charge < -0.3 is 4.90 Å². The second-order valence-electron chi connectivity index (χ2n) is 6.28. The number of rotatable bonds is 4. The van der Waals surface area contributed by atoms with Crippen molar-refractivity contribution in [1.29, 1.82) is 0 Å². The normalized spacial score (nSPS) is 14.0. The van der Waals surface area contributed by atoms with Crippen LogP contribution >= 0.6 is 11.6 Å². The van der Waals surface area contributed by atoms with Gasteiger partial charge in [0, 0.05) is 11.9 Å². The van der Waals surface area contributed by atoms with Gasteiger partial charge in [0.15, 0.2) is 0 Å². The largest absolute Gasteiger partial charge is 0.302 e. The summed E-state index contributed by atoms with van der Waals surface area (Å²) >= 11 is 5.92. The first-order chi connectivity index (χ1) is 8.27. The van der Waals surface area contributed by atoms with E-state index in [0.717, 1.165) is 6.42 Å². The molecule has 0 aromatic heterocycles. The Morgan fingerprint density at radius 3 is 2.22 bits per heavy atom. The lowest BCUT2D eigenvalue weighted by Gasteiger charge is -2.27. The minimum absolute atomic E-state index is 0.212. The van der Waals surface area contributed by atoms with Gasteiger partial charge in [0.25, 0.3) is 0 Å². The van der Waals surface area contributed by atoms with E-state index in [1.54, 1.807) is 0 Å². The monoisotopic (exact) mass is 267 g/mol. The van der Waals surface area contributed by atoms with Crippen LogP contribution in [0.2, 0.25) is 0 Å². The van der Waals surface area contributed by atoms with Gasteiger partial charge in [-0.3, -0.25) is 0 Å². The number of alkyl halides is 1. The number of halogens is 1.